The van der Waals surface area contributed by atoms with E-state index in [2.05, 4.69) is 15.5 Å². The van der Waals surface area contributed by atoms with Gasteiger partial charge < -0.3 is 20.3 Å². The molecule has 160 valence electrons. The van der Waals surface area contributed by atoms with Crippen LogP contribution in [0.1, 0.15) is 0 Å². The first-order valence-corrected chi connectivity index (χ1v) is 9.58. The van der Waals surface area contributed by atoms with Crippen molar-refractivity contribution in [2.75, 3.05) is 56.6 Å². The summed E-state index contributed by atoms with van der Waals surface area (Å²) in [6.45, 7) is 2.84. The summed E-state index contributed by atoms with van der Waals surface area (Å²) >= 11 is 0. The van der Waals surface area contributed by atoms with Crippen LogP contribution in [0.25, 0.3) is 0 Å². The predicted molar refractivity (Wildman–Crippen MR) is 110 cm³/mol. The highest BCUT2D eigenvalue weighted by molar-refractivity contribution is 5.94. The Morgan fingerprint density at radius 1 is 1.00 bits per heavy atom. The number of para-hydroxylation sites is 2. The molecular formula is C21H24F2N4O3. The third kappa shape index (κ3) is 5.66. The first-order valence-electron chi connectivity index (χ1n) is 9.58. The molecule has 0 aliphatic carbocycles. The predicted octanol–water partition coefficient (Wildman–Crippen LogP) is 1.85. The summed E-state index contributed by atoms with van der Waals surface area (Å²) in [5, 5.41) is 4.95. The third-order valence-corrected chi connectivity index (χ3v) is 4.81. The lowest BCUT2D eigenvalue weighted by atomic mass is 10.2. The summed E-state index contributed by atoms with van der Waals surface area (Å²) < 4.78 is 31.5. The lowest BCUT2D eigenvalue weighted by Crippen LogP contribution is -2.50. The van der Waals surface area contributed by atoms with Crippen LogP contribution in [0.2, 0.25) is 0 Å². The SMILES string of the molecule is COc1ccccc1N1CCN(CC(=O)NCC(=O)Nc2ccc(F)c(F)c2)CC1. The molecule has 1 aliphatic heterocycles. The molecule has 0 spiro atoms. The first kappa shape index (κ1) is 21.5. The van der Waals surface area contributed by atoms with E-state index in [1.165, 1.54) is 6.07 Å². The number of nitrogens with one attached hydrogen (secondary N) is 2. The van der Waals surface area contributed by atoms with Gasteiger partial charge in [-0.05, 0) is 24.3 Å². The van der Waals surface area contributed by atoms with E-state index in [1.807, 2.05) is 29.2 Å². The maximum atomic E-state index is 13.2. The fourth-order valence-electron chi connectivity index (χ4n) is 3.25. The topological polar surface area (TPSA) is 73.9 Å². The number of rotatable bonds is 7. The van der Waals surface area contributed by atoms with Crippen LogP contribution >= 0.6 is 0 Å². The van der Waals surface area contributed by atoms with Crippen molar-refractivity contribution < 1.29 is 23.1 Å². The number of nitrogens with zero attached hydrogens (tertiary/aromatic N) is 2. The quantitative estimate of drug-likeness (QED) is 0.718. The van der Waals surface area contributed by atoms with Gasteiger partial charge in [0.2, 0.25) is 11.8 Å². The summed E-state index contributed by atoms with van der Waals surface area (Å²) in [6.07, 6.45) is 0. The van der Waals surface area contributed by atoms with Gasteiger partial charge in [-0.25, -0.2) is 8.78 Å². The maximum Gasteiger partial charge on any atom is 0.243 e. The van der Waals surface area contributed by atoms with E-state index >= 15 is 0 Å². The van der Waals surface area contributed by atoms with Crippen molar-refractivity contribution >= 4 is 23.2 Å². The minimum atomic E-state index is -1.05. The minimum Gasteiger partial charge on any atom is -0.495 e. The van der Waals surface area contributed by atoms with E-state index in [-0.39, 0.29) is 24.7 Å². The molecule has 2 N–H and O–H groups in total. The second-order valence-corrected chi connectivity index (χ2v) is 6.89. The summed E-state index contributed by atoms with van der Waals surface area (Å²) in [5.41, 5.74) is 1.15. The number of benzene rings is 2. The smallest absolute Gasteiger partial charge is 0.243 e. The highest BCUT2D eigenvalue weighted by Gasteiger charge is 2.21. The van der Waals surface area contributed by atoms with Gasteiger partial charge in [-0.3, -0.25) is 14.5 Å². The number of anilines is 2. The van der Waals surface area contributed by atoms with Gasteiger partial charge >= 0.3 is 0 Å². The number of amides is 2. The largest absolute Gasteiger partial charge is 0.495 e. The van der Waals surface area contributed by atoms with E-state index in [9.17, 15) is 18.4 Å². The average Bonchev–Trinajstić information content (AvgIpc) is 2.75. The Balaban J connectivity index is 1.40. The molecule has 0 aromatic heterocycles. The molecule has 30 heavy (non-hydrogen) atoms. The fraction of sp³-hybridized carbons (Fsp3) is 0.333. The summed E-state index contributed by atoms with van der Waals surface area (Å²) in [7, 11) is 1.64. The molecule has 1 aliphatic rings. The Morgan fingerprint density at radius 2 is 1.73 bits per heavy atom. The molecule has 1 fully saturated rings. The molecule has 0 radical (unpaired) electrons. The Kier molecular flexibility index (Phi) is 7.18. The standard InChI is InChI=1S/C21H24F2N4O3/c1-30-19-5-3-2-4-18(19)27-10-8-26(9-11-27)14-21(29)24-13-20(28)25-15-6-7-16(22)17(23)12-15/h2-7,12H,8-11,13-14H2,1H3,(H,24,29)(H,25,28). The van der Waals surface area contributed by atoms with Crippen molar-refractivity contribution in [3.8, 4) is 5.75 Å². The molecule has 0 unspecified atom stereocenters. The van der Waals surface area contributed by atoms with Gasteiger partial charge in [0.15, 0.2) is 11.6 Å². The van der Waals surface area contributed by atoms with Crippen molar-refractivity contribution in [3.05, 3.63) is 54.1 Å². The highest BCUT2D eigenvalue weighted by atomic mass is 19.2. The van der Waals surface area contributed by atoms with E-state index < -0.39 is 17.5 Å². The number of carbonyl (C=O) groups excluding carboxylic acids is 2. The molecule has 2 aromatic rings. The normalized spacial score (nSPS) is 14.3. The molecule has 0 saturated carbocycles. The Hall–Kier alpha value is -3.20. The number of hydrogen-bond donors (Lipinski definition) is 2. The number of ether oxygens (including phenoxy) is 1. The zero-order valence-electron chi connectivity index (χ0n) is 16.7. The van der Waals surface area contributed by atoms with Gasteiger partial charge in [0.05, 0.1) is 25.9 Å². The molecule has 2 aromatic carbocycles. The zero-order valence-corrected chi connectivity index (χ0v) is 16.7. The van der Waals surface area contributed by atoms with Gasteiger partial charge in [-0.15, -0.1) is 0 Å². The summed E-state index contributed by atoms with van der Waals surface area (Å²) in [4.78, 5) is 28.3. The highest BCUT2D eigenvalue weighted by Crippen LogP contribution is 2.28. The second-order valence-electron chi connectivity index (χ2n) is 6.89. The van der Waals surface area contributed by atoms with Crippen molar-refractivity contribution in [2.45, 2.75) is 0 Å². The molecule has 0 atom stereocenters. The molecule has 3 rings (SSSR count). The van der Waals surface area contributed by atoms with Crippen LogP contribution in [-0.4, -0.2) is 63.1 Å². The Morgan fingerprint density at radius 3 is 2.43 bits per heavy atom. The van der Waals surface area contributed by atoms with Crippen molar-refractivity contribution in [3.63, 3.8) is 0 Å². The van der Waals surface area contributed by atoms with E-state index in [0.29, 0.717) is 13.1 Å². The molecule has 0 bridgehead atoms. The molecule has 9 heteroatoms. The molecule has 7 nitrogen and oxygen atoms in total. The number of carbonyl (C=O) groups is 2. The zero-order chi connectivity index (χ0) is 21.5. The fourth-order valence-corrected chi connectivity index (χ4v) is 3.25. The van der Waals surface area contributed by atoms with Crippen LogP contribution in [0, 0.1) is 11.6 Å². The van der Waals surface area contributed by atoms with Gasteiger partial charge in [0, 0.05) is 37.9 Å². The van der Waals surface area contributed by atoms with Gasteiger partial charge in [-0.2, -0.15) is 0 Å². The van der Waals surface area contributed by atoms with Gasteiger partial charge in [0.25, 0.3) is 0 Å². The minimum absolute atomic E-state index is 0.126. The molecule has 1 heterocycles. The maximum absolute atomic E-state index is 13.2. The third-order valence-electron chi connectivity index (χ3n) is 4.81. The van der Waals surface area contributed by atoms with Gasteiger partial charge in [0.1, 0.15) is 5.75 Å². The lowest BCUT2D eigenvalue weighted by Gasteiger charge is -2.36. The number of methoxy groups -OCH3 is 1. The van der Waals surface area contributed by atoms with E-state index in [4.69, 9.17) is 4.74 Å². The number of hydrogen-bond acceptors (Lipinski definition) is 5. The summed E-state index contributed by atoms with van der Waals surface area (Å²) in [5.74, 6) is -2.02. The summed E-state index contributed by atoms with van der Waals surface area (Å²) in [6, 6.07) is 10.9. The van der Waals surface area contributed by atoms with Crippen molar-refractivity contribution in [1.29, 1.82) is 0 Å². The van der Waals surface area contributed by atoms with Crippen LogP contribution in [0.15, 0.2) is 42.5 Å². The Bertz CT molecular complexity index is 902. The number of piperazine rings is 1. The van der Waals surface area contributed by atoms with Crippen LogP contribution in [0.4, 0.5) is 20.2 Å². The lowest BCUT2D eigenvalue weighted by molar-refractivity contribution is -0.125. The molecule has 2 amide bonds. The Labute approximate surface area is 173 Å². The first-order chi connectivity index (χ1) is 14.5. The van der Waals surface area contributed by atoms with Crippen molar-refractivity contribution in [2.24, 2.45) is 0 Å². The molecular weight excluding hydrogens is 394 g/mol. The van der Waals surface area contributed by atoms with Crippen LogP contribution in [0.5, 0.6) is 5.75 Å². The number of halogens is 2. The monoisotopic (exact) mass is 418 g/mol. The van der Waals surface area contributed by atoms with Crippen LogP contribution in [0.3, 0.4) is 0 Å². The van der Waals surface area contributed by atoms with Crippen molar-refractivity contribution in [1.82, 2.24) is 10.2 Å². The van der Waals surface area contributed by atoms with Crippen LogP contribution in [-0.2, 0) is 9.59 Å². The van der Waals surface area contributed by atoms with Gasteiger partial charge in [-0.1, -0.05) is 12.1 Å². The van der Waals surface area contributed by atoms with E-state index in [1.54, 1.807) is 7.11 Å². The van der Waals surface area contributed by atoms with Crippen LogP contribution < -0.4 is 20.3 Å². The average molecular weight is 418 g/mol. The molecule has 1 saturated heterocycles. The second kappa shape index (κ2) is 10.0. The van der Waals surface area contributed by atoms with E-state index in [0.717, 1.165) is 36.7 Å².